The number of hydrogen-bond acceptors (Lipinski definition) is 4. The summed E-state index contributed by atoms with van der Waals surface area (Å²) in [4.78, 5) is 0. The second kappa shape index (κ2) is 7.01. The van der Waals surface area contributed by atoms with E-state index in [0.717, 1.165) is 42.0 Å². The van der Waals surface area contributed by atoms with Gasteiger partial charge in [0.2, 0.25) is 0 Å². The Balaban J connectivity index is 2.12. The molecule has 1 heterocycles. The summed E-state index contributed by atoms with van der Waals surface area (Å²) < 4.78 is 0. The molecule has 4 heteroatoms. The summed E-state index contributed by atoms with van der Waals surface area (Å²) in [5, 5.41) is 21.8. The summed E-state index contributed by atoms with van der Waals surface area (Å²) in [6.07, 6.45) is 5.84. The fraction of sp³-hybridized carbons (Fsp3) is 0.375. The zero-order valence-corrected chi connectivity index (χ0v) is 11.9. The Labute approximate surface area is 120 Å². The maximum Gasteiger partial charge on any atom is 0.0429 e. The highest BCUT2D eigenvalue weighted by atomic mass is 14.9. The predicted molar refractivity (Wildman–Crippen MR) is 86.2 cm³/mol. The molecule has 0 spiro atoms. The van der Waals surface area contributed by atoms with Gasteiger partial charge in [0.05, 0.1) is 0 Å². The molecule has 0 bridgehead atoms. The van der Waals surface area contributed by atoms with E-state index >= 15 is 0 Å². The van der Waals surface area contributed by atoms with Gasteiger partial charge in [-0.2, -0.15) is 0 Å². The van der Waals surface area contributed by atoms with Gasteiger partial charge < -0.3 is 21.5 Å². The van der Waals surface area contributed by atoms with Crippen molar-refractivity contribution in [2.75, 3.05) is 25.0 Å². The zero-order chi connectivity index (χ0) is 14.4. The molecule has 1 aliphatic rings. The van der Waals surface area contributed by atoms with Gasteiger partial charge in [0.25, 0.3) is 0 Å². The number of rotatable bonds is 6. The van der Waals surface area contributed by atoms with Gasteiger partial charge in [0, 0.05) is 30.2 Å². The molecule has 0 saturated carbocycles. The van der Waals surface area contributed by atoms with Gasteiger partial charge in [-0.3, -0.25) is 0 Å². The Hall–Kier alpha value is -1.94. The van der Waals surface area contributed by atoms with Crippen LogP contribution in [0.1, 0.15) is 24.5 Å². The minimum atomic E-state index is 0.668. The molecule has 1 saturated heterocycles. The molecule has 1 aromatic carbocycles. The van der Waals surface area contributed by atoms with Gasteiger partial charge in [0.1, 0.15) is 0 Å². The Morgan fingerprint density at radius 3 is 2.90 bits per heavy atom. The summed E-state index contributed by atoms with van der Waals surface area (Å²) in [6, 6.07) is 5.97. The van der Waals surface area contributed by atoms with Crippen LogP contribution in [0.3, 0.4) is 0 Å². The molecule has 0 aromatic heterocycles. The van der Waals surface area contributed by atoms with Crippen LogP contribution in [-0.2, 0) is 0 Å². The first-order valence-electron chi connectivity index (χ1n) is 7.04. The highest BCUT2D eigenvalue weighted by Crippen LogP contribution is 2.21. The summed E-state index contributed by atoms with van der Waals surface area (Å²) in [5.41, 5.74) is 3.72. The topological polar surface area (TPSA) is 71.8 Å². The van der Waals surface area contributed by atoms with Crippen LogP contribution in [0.25, 0.3) is 5.57 Å². The highest BCUT2D eigenvalue weighted by molar-refractivity contribution is 6.08. The van der Waals surface area contributed by atoms with Gasteiger partial charge in [-0.05, 0) is 55.6 Å². The lowest BCUT2D eigenvalue weighted by Crippen LogP contribution is -2.17. The van der Waals surface area contributed by atoms with Crippen LogP contribution in [0.2, 0.25) is 0 Å². The van der Waals surface area contributed by atoms with Crippen LogP contribution in [-0.4, -0.2) is 32.1 Å². The molecule has 0 amide bonds. The minimum absolute atomic E-state index is 0.668. The Kier molecular flexibility index (Phi) is 5.07. The van der Waals surface area contributed by atoms with Gasteiger partial charge in [-0.15, -0.1) is 0 Å². The molecule has 0 aliphatic carbocycles. The standard InChI is InChI=1S/C16H22N4/c1-2-13(8-17)14-3-4-16(15(7-14)9-18)20-11-12-5-6-19-10-12/h2-4,7-9,12,17-20H,5-6,10-11H2,1H3/b13-2+,17-8?,18-9?. The zero-order valence-electron chi connectivity index (χ0n) is 11.9. The van der Waals surface area contributed by atoms with Crippen LogP contribution in [0.4, 0.5) is 5.69 Å². The first-order chi connectivity index (χ1) is 9.78. The largest absolute Gasteiger partial charge is 0.384 e. The first kappa shape index (κ1) is 14.5. The predicted octanol–water partition coefficient (Wildman–Crippen LogP) is 2.76. The third-order valence-corrected chi connectivity index (χ3v) is 3.75. The molecule has 4 nitrogen and oxygen atoms in total. The van der Waals surface area contributed by atoms with Crippen molar-refractivity contribution in [2.24, 2.45) is 5.92 Å². The van der Waals surface area contributed by atoms with E-state index in [0.29, 0.717) is 5.92 Å². The lowest BCUT2D eigenvalue weighted by Gasteiger charge is -2.14. The molecule has 4 N–H and O–H groups in total. The molecule has 1 fully saturated rings. The van der Waals surface area contributed by atoms with Crippen molar-refractivity contribution in [3.8, 4) is 0 Å². The van der Waals surface area contributed by atoms with E-state index in [4.69, 9.17) is 10.8 Å². The third kappa shape index (κ3) is 3.33. The average Bonchev–Trinajstić information content (AvgIpc) is 3.00. The number of anilines is 1. The molecule has 106 valence electrons. The maximum atomic E-state index is 7.57. The molecule has 1 aromatic rings. The number of benzene rings is 1. The van der Waals surface area contributed by atoms with Gasteiger partial charge in [0.15, 0.2) is 0 Å². The van der Waals surface area contributed by atoms with Crippen molar-refractivity contribution in [2.45, 2.75) is 13.3 Å². The van der Waals surface area contributed by atoms with Gasteiger partial charge >= 0.3 is 0 Å². The average molecular weight is 270 g/mol. The first-order valence-corrected chi connectivity index (χ1v) is 7.04. The lowest BCUT2D eigenvalue weighted by molar-refractivity contribution is 0.615. The molecule has 1 aliphatic heterocycles. The third-order valence-electron chi connectivity index (χ3n) is 3.75. The fourth-order valence-electron chi connectivity index (χ4n) is 2.50. The number of hydrogen-bond donors (Lipinski definition) is 4. The van der Waals surface area contributed by atoms with Crippen LogP contribution in [0, 0.1) is 16.7 Å². The molecular weight excluding hydrogens is 248 g/mol. The summed E-state index contributed by atoms with van der Waals surface area (Å²) >= 11 is 0. The van der Waals surface area contributed by atoms with Crippen molar-refractivity contribution in [1.29, 1.82) is 10.8 Å². The lowest BCUT2D eigenvalue weighted by atomic mass is 10.0. The van der Waals surface area contributed by atoms with Gasteiger partial charge in [-0.25, -0.2) is 0 Å². The van der Waals surface area contributed by atoms with Crippen LogP contribution in [0.5, 0.6) is 0 Å². The Morgan fingerprint density at radius 2 is 2.30 bits per heavy atom. The molecule has 1 atom stereocenters. The Bertz CT molecular complexity index is 513. The Morgan fingerprint density at radius 1 is 1.45 bits per heavy atom. The summed E-state index contributed by atoms with van der Waals surface area (Å²) in [5.74, 6) is 0.668. The normalized spacial score (nSPS) is 18.9. The van der Waals surface area contributed by atoms with E-state index in [1.807, 2.05) is 31.2 Å². The van der Waals surface area contributed by atoms with Crippen molar-refractivity contribution in [3.63, 3.8) is 0 Å². The molecule has 0 radical (unpaired) electrons. The molecule has 1 unspecified atom stereocenters. The second-order valence-electron chi connectivity index (χ2n) is 5.07. The molecule has 20 heavy (non-hydrogen) atoms. The minimum Gasteiger partial charge on any atom is -0.384 e. The van der Waals surface area contributed by atoms with Crippen LogP contribution in [0.15, 0.2) is 24.3 Å². The van der Waals surface area contributed by atoms with Crippen LogP contribution >= 0.6 is 0 Å². The van der Waals surface area contributed by atoms with E-state index in [1.165, 1.54) is 18.9 Å². The fourth-order valence-corrected chi connectivity index (χ4v) is 2.50. The smallest absolute Gasteiger partial charge is 0.0429 e. The van der Waals surface area contributed by atoms with Crippen molar-refractivity contribution >= 4 is 23.7 Å². The highest BCUT2D eigenvalue weighted by Gasteiger charge is 2.14. The quantitative estimate of drug-likeness (QED) is 0.600. The van der Waals surface area contributed by atoms with Crippen molar-refractivity contribution in [3.05, 3.63) is 35.4 Å². The number of nitrogens with one attached hydrogen (secondary N) is 4. The van der Waals surface area contributed by atoms with E-state index in [2.05, 4.69) is 10.6 Å². The summed E-state index contributed by atoms with van der Waals surface area (Å²) in [7, 11) is 0. The second-order valence-corrected chi connectivity index (χ2v) is 5.07. The van der Waals surface area contributed by atoms with E-state index in [9.17, 15) is 0 Å². The monoisotopic (exact) mass is 270 g/mol. The van der Waals surface area contributed by atoms with E-state index in [1.54, 1.807) is 0 Å². The van der Waals surface area contributed by atoms with E-state index < -0.39 is 0 Å². The molecule has 2 rings (SSSR count). The van der Waals surface area contributed by atoms with Crippen molar-refractivity contribution < 1.29 is 0 Å². The molecular formula is C16H22N4. The van der Waals surface area contributed by atoms with Gasteiger partial charge in [-0.1, -0.05) is 12.1 Å². The maximum absolute atomic E-state index is 7.57. The van der Waals surface area contributed by atoms with Crippen molar-refractivity contribution in [1.82, 2.24) is 5.32 Å². The number of allylic oxidation sites excluding steroid dienone is 2. The van der Waals surface area contributed by atoms with E-state index in [-0.39, 0.29) is 0 Å². The summed E-state index contributed by atoms with van der Waals surface area (Å²) in [6.45, 7) is 5.03. The SMILES string of the molecule is C/C=C(\C=N)c1ccc(NCC2CCNC2)c(C=N)c1. The van der Waals surface area contributed by atoms with Crippen LogP contribution < -0.4 is 10.6 Å².